The molecular formula is C10H18N2O3. The van der Waals surface area contributed by atoms with Gasteiger partial charge in [0, 0.05) is 12.8 Å². The van der Waals surface area contributed by atoms with Crippen molar-refractivity contribution in [3.8, 4) is 0 Å². The highest BCUT2D eigenvalue weighted by Crippen LogP contribution is 2.33. The second kappa shape index (κ2) is 3.81. The van der Waals surface area contributed by atoms with Gasteiger partial charge >= 0.3 is 0 Å². The average molecular weight is 214 g/mol. The van der Waals surface area contributed by atoms with Crippen LogP contribution in [0.3, 0.4) is 0 Å². The first-order valence-corrected chi connectivity index (χ1v) is 5.16. The quantitative estimate of drug-likeness (QED) is 0.511. The number of amides is 1. The predicted molar refractivity (Wildman–Crippen MR) is 52.5 cm³/mol. The van der Waals surface area contributed by atoms with Crippen LogP contribution in [-0.4, -0.2) is 35.1 Å². The standard InChI is InChI=1S/C10H18N2O3/c1-10(2,3)12(11-9(14)15)6-4-5-8(12)7-13/h7-8,11H,4-6H2,1-3H3. The molecule has 0 aromatic carbocycles. The van der Waals surface area contributed by atoms with Gasteiger partial charge in [0.05, 0.1) is 0 Å². The molecule has 0 saturated carbocycles. The predicted octanol–water partition coefficient (Wildman–Crippen LogP) is -0.189. The minimum absolute atomic E-state index is 0.0822. The van der Waals surface area contributed by atoms with Crippen molar-refractivity contribution in [2.45, 2.75) is 45.2 Å². The highest BCUT2D eigenvalue weighted by atomic mass is 16.4. The molecular weight excluding hydrogens is 196 g/mol. The maximum absolute atomic E-state index is 11.0. The van der Waals surface area contributed by atoms with Gasteiger partial charge in [-0.2, -0.15) is 0 Å². The Kier molecular flexibility index (Phi) is 3.04. The number of quaternary nitrogens is 1. The van der Waals surface area contributed by atoms with E-state index in [0.717, 1.165) is 19.1 Å². The third-order valence-electron chi connectivity index (χ3n) is 3.22. The van der Waals surface area contributed by atoms with Crippen LogP contribution in [0, 0.1) is 0 Å². The van der Waals surface area contributed by atoms with Crippen LogP contribution in [0.4, 0.5) is 4.79 Å². The first kappa shape index (κ1) is 12.0. The summed E-state index contributed by atoms with van der Waals surface area (Å²) in [5.74, 6) is 0. The van der Waals surface area contributed by atoms with Gasteiger partial charge in [0.25, 0.3) is 0 Å². The fourth-order valence-electron chi connectivity index (χ4n) is 2.41. The lowest BCUT2D eigenvalue weighted by atomic mass is 10.0. The maximum atomic E-state index is 11.0. The molecule has 1 aliphatic rings. The van der Waals surface area contributed by atoms with E-state index in [9.17, 15) is 14.7 Å². The Morgan fingerprint density at radius 3 is 2.53 bits per heavy atom. The fraction of sp³-hybridized carbons (Fsp3) is 0.800. The lowest BCUT2D eigenvalue weighted by Crippen LogP contribution is -2.73. The highest BCUT2D eigenvalue weighted by Gasteiger charge is 2.51. The number of hydrogen-bond acceptors (Lipinski definition) is 3. The molecule has 0 aliphatic carbocycles. The molecule has 1 heterocycles. The summed E-state index contributed by atoms with van der Waals surface area (Å²) >= 11 is 0. The van der Waals surface area contributed by atoms with Gasteiger partial charge in [-0.25, -0.2) is 10.0 Å². The van der Waals surface area contributed by atoms with Gasteiger partial charge in [-0.05, 0) is 20.8 Å². The zero-order chi connectivity index (χ0) is 11.7. The van der Waals surface area contributed by atoms with Crippen molar-refractivity contribution in [2.24, 2.45) is 0 Å². The number of likely N-dealkylation sites (tertiary alicyclic amines) is 1. The summed E-state index contributed by atoms with van der Waals surface area (Å²) in [7, 11) is 0. The summed E-state index contributed by atoms with van der Waals surface area (Å²) in [6.45, 7) is 6.40. The number of carboxylic acid groups (broad SMARTS) is 1. The molecule has 0 aromatic heterocycles. The molecule has 1 aliphatic heterocycles. The topological polar surface area (TPSA) is 69.2 Å². The molecule has 0 radical (unpaired) electrons. The summed E-state index contributed by atoms with van der Waals surface area (Å²) in [4.78, 5) is 21.7. The first-order valence-electron chi connectivity index (χ1n) is 5.16. The number of rotatable bonds is 2. The van der Waals surface area contributed by atoms with Crippen molar-refractivity contribution in [1.82, 2.24) is 5.43 Å². The summed E-state index contributed by atoms with van der Waals surface area (Å²) in [5, 5.41) is 10.7. The van der Waals surface area contributed by atoms with Crippen molar-refractivity contribution in [3.05, 3.63) is 0 Å². The minimum Gasteiger partial charge on any atom is -0.526 e. The Morgan fingerprint density at radius 1 is 1.53 bits per heavy atom. The van der Waals surface area contributed by atoms with Crippen LogP contribution in [0.1, 0.15) is 33.6 Å². The molecule has 1 N–H and O–H groups in total. The van der Waals surface area contributed by atoms with Crippen LogP contribution in [0.25, 0.3) is 0 Å². The molecule has 1 rings (SSSR count). The Bertz CT molecular complexity index is 272. The third kappa shape index (κ3) is 1.97. The van der Waals surface area contributed by atoms with Gasteiger partial charge in [-0.1, -0.05) is 0 Å². The molecule has 1 amide bonds. The fourth-order valence-corrected chi connectivity index (χ4v) is 2.41. The van der Waals surface area contributed by atoms with Crippen LogP contribution < -0.4 is 10.5 Å². The van der Waals surface area contributed by atoms with Crippen LogP contribution >= 0.6 is 0 Å². The van der Waals surface area contributed by atoms with Crippen molar-refractivity contribution < 1.29 is 19.3 Å². The number of aldehydes is 1. The second-order valence-corrected chi connectivity index (χ2v) is 5.01. The Hall–Kier alpha value is -1.10. The molecule has 5 nitrogen and oxygen atoms in total. The van der Waals surface area contributed by atoms with Gasteiger partial charge in [0.2, 0.25) is 0 Å². The summed E-state index contributed by atoms with van der Waals surface area (Å²) < 4.78 is 0.0822. The summed E-state index contributed by atoms with van der Waals surface area (Å²) in [6, 6.07) is -0.303. The van der Waals surface area contributed by atoms with E-state index < -0.39 is 6.09 Å². The van der Waals surface area contributed by atoms with Crippen LogP contribution in [-0.2, 0) is 4.79 Å². The summed E-state index contributed by atoms with van der Waals surface area (Å²) in [5.41, 5.74) is 2.06. The zero-order valence-electron chi connectivity index (χ0n) is 9.45. The van der Waals surface area contributed by atoms with E-state index in [0.29, 0.717) is 6.54 Å². The third-order valence-corrected chi connectivity index (χ3v) is 3.22. The van der Waals surface area contributed by atoms with Crippen LogP contribution in [0.15, 0.2) is 0 Å². The first-order chi connectivity index (χ1) is 6.83. The average Bonchev–Trinajstić information content (AvgIpc) is 2.46. The SMILES string of the molecule is CC(C)(C)[N+]1(NC(=O)[O-])CCCC1C=O. The Balaban J connectivity index is 3.05. The van der Waals surface area contributed by atoms with E-state index in [1.165, 1.54) is 0 Å². The molecule has 0 aromatic rings. The molecule has 15 heavy (non-hydrogen) atoms. The van der Waals surface area contributed by atoms with E-state index in [2.05, 4.69) is 5.43 Å². The zero-order valence-corrected chi connectivity index (χ0v) is 9.45. The molecule has 1 fully saturated rings. The van der Waals surface area contributed by atoms with E-state index in [4.69, 9.17) is 0 Å². The number of carbonyl (C=O) groups is 2. The highest BCUT2D eigenvalue weighted by molar-refractivity contribution is 5.61. The van der Waals surface area contributed by atoms with Crippen molar-refractivity contribution in [2.75, 3.05) is 6.54 Å². The van der Waals surface area contributed by atoms with E-state index in [1.54, 1.807) is 0 Å². The Labute approximate surface area is 89.6 Å². The van der Waals surface area contributed by atoms with Gasteiger partial charge in [-0.15, -0.1) is 0 Å². The number of nitrogens with one attached hydrogen (secondary N) is 1. The molecule has 0 spiro atoms. The molecule has 86 valence electrons. The largest absolute Gasteiger partial charge is 0.526 e. The summed E-state index contributed by atoms with van der Waals surface area (Å²) in [6.07, 6.45) is 1.09. The Morgan fingerprint density at radius 2 is 2.13 bits per heavy atom. The second-order valence-electron chi connectivity index (χ2n) is 5.01. The van der Waals surface area contributed by atoms with Gasteiger partial charge in [0.1, 0.15) is 12.1 Å². The van der Waals surface area contributed by atoms with Gasteiger partial charge < -0.3 is 9.90 Å². The van der Waals surface area contributed by atoms with Crippen molar-refractivity contribution in [1.29, 1.82) is 0 Å². The van der Waals surface area contributed by atoms with Crippen LogP contribution in [0.5, 0.6) is 0 Å². The molecule has 1 saturated heterocycles. The molecule has 2 atom stereocenters. The van der Waals surface area contributed by atoms with Gasteiger partial charge in [0.15, 0.2) is 18.4 Å². The number of nitrogens with zero attached hydrogens (tertiary/aromatic N) is 1. The monoisotopic (exact) mass is 214 g/mol. The van der Waals surface area contributed by atoms with E-state index in [1.807, 2.05) is 20.8 Å². The molecule has 0 bridgehead atoms. The lowest BCUT2D eigenvalue weighted by Gasteiger charge is -2.47. The molecule has 5 heteroatoms. The minimum atomic E-state index is -1.32. The number of hydrogen-bond donors (Lipinski definition) is 1. The normalized spacial score (nSPS) is 31.3. The lowest BCUT2D eigenvalue weighted by molar-refractivity contribution is -1.01. The van der Waals surface area contributed by atoms with Gasteiger partial charge in [-0.3, -0.25) is 4.79 Å². The smallest absolute Gasteiger partial charge is 0.185 e. The van der Waals surface area contributed by atoms with E-state index in [-0.39, 0.29) is 16.2 Å². The molecule has 2 unspecified atom stereocenters. The number of carbonyl (C=O) groups excluding carboxylic acids is 2. The maximum Gasteiger partial charge on any atom is 0.185 e. The van der Waals surface area contributed by atoms with Crippen molar-refractivity contribution in [3.63, 3.8) is 0 Å². The van der Waals surface area contributed by atoms with E-state index >= 15 is 0 Å². The van der Waals surface area contributed by atoms with Crippen molar-refractivity contribution >= 4 is 12.4 Å². The van der Waals surface area contributed by atoms with Crippen LogP contribution in [0.2, 0.25) is 0 Å².